The van der Waals surface area contributed by atoms with Gasteiger partial charge in [-0.15, -0.1) is 0 Å². The molecular weight excluding hydrogens is 466 g/mol. The summed E-state index contributed by atoms with van der Waals surface area (Å²) in [7, 11) is 1.70. The molecule has 30 heavy (non-hydrogen) atoms. The number of anilines is 1. The highest BCUT2D eigenvalue weighted by molar-refractivity contribution is 9.10. The molecular formula is C23H27BrClN3O2. The van der Waals surface area contributed by atoms with Gasteiger partial charge < -0.3 is 14.4 Å². The van der Waals surface area contributed by atoms with Crippen LogP contribution in [0.25, 0.3) is 0 Å². The van der Waals surface area contributed by atoms with E-state index in [1.54, 1.807) is 7.11 Å². The van der Waals surface area contributed by atoms with E-state index in [-0.39, 0.29) is 5.41 Å². The molecule has 1 spiro atoms. The van der Waals surface area contributed by atoms with E-state index in [2.05, 4.69) is 37.9 Å². The smallest absolute Gasteiger partial charge is 0.134 e. The lowest BCUT2D eigenvalue weighted by atomic mass is 9.81. The first-order chi connectivity index (χ1) is 14.6. The fourth-order valence-electron chi connectivity index (χ4n) is 5.49. The van der Waals surface area contributed by atoms with Gasteiger partial charge in [0.2, 0.25) is 0 Å². The maximum atomic E-state index is 6.89. The Morgan fingerprint density at radius 2 is 2.03 bits per heavy atom. The van der Waals surface area contributed by atoms with E-state index < -0.39 is 0 Å². The Bertz CT molecular complexity index is 919. The van der Waals surface area contributed by atoms with Crippen molar-refractivity contribution in [3.8, 4) is 5.75 Å². The van der Waals surface area contributed by atoms with E-state index in [0.29, 0.717) is 6.04 Å². The first-order valence-electron chi connectivity index (χ1n) is 10.6. The van der Waals surface area contributed by atoms with Crippen LogP contribution >= 0.6 is 27.5 Å². The van der Waals surface area contributed by atoms with E-state index in [0.717, 1.165) is 73.3 Å². The number of aromatic nitrogens is 1. The zero-order valence-corrected chi connectivity index (χ0v) is 19.6. The topological polar surface area (TPSA) is 37.8 Å². The number of hydrogen-bond donors (Lipinski definition) is 0. The highest BCUT2D eigenvalue weighted by Gasteiger charge is 2.51. The zero-order valence-electron chi connectivity index (χ0n) is 17.2. The van der Waals surface area contributed by atoms with E-state index in [1.807, 2.05) is 18.3 Å². The number of ether oxygens (including phenoxy) is 2. The summed E-state index contributed by atoms with van der Waals surface area (Å²) in [6.45, 7) is 5.56. The van der Waals surface area contributed by atoms with Gasteiger partial charge in [-0.3, -0.25) is 4.90 Å². The summed E-state index contributed by atoms with van der Waals surface area (Å²) < 4.78 is 11.8. The SMILES string of the molecule is COc1ccc(CN2C[C@@]3(CC[C@H](N4CCOCC4)C3)c3c2ncc(Br)c3Cl)cc1. The third-order valence-electron chi connectivity index (χ3n) is 6.95. The van der Waals surface area contributed by atoms with Gasteiger partial charge in [-0.2, -0.15) is 0 Å². The third kappa shape index (κ3) is 3.62. The molecule has 7 heteroatoms. The van der Waals surface area contributed by atoms with Crippen LogP contribution in [0.4, 0.5) is 5.82 Å². The van der Waals surface area contributed by atoms with Crippen LogP contribution in [-0.2, 0) is 16.7 Å². The summed E-state index contributed by atoms with van der Waals surface area (Å²) >= 11 is 10.5. The average Bonchev–Trinajstić information content (AvgIpc) is 3.34. The Morgan fingerprint density at radius 3 is 2.77 bits per heavy atom. The number of fused-ring (bicyclic) bond motifs is 2. The van der Waals surface area contributed by atoms with Gasteiger partial charge >= 0.3 is 0 Å². The molecule has 2 aromatic rings. The van der Waals surface area contributed by atoms with Crippen molar-refractivity contribution in [1.29, 1.82) is 0 Å². The monoisotopic (exact) mass is 491 g/mol. The summed E-state index contributed by atoms with van der Waals surface area (Å²) in [6, 6.07) is 8.91. The third-order valence-corrected chi connectivity index (χ3v) is 8.18. The summed E-state index contributed by atoms with van der Waals surface area (Å²) in [6.07, 6.45) is 5.34. The summed E-state index contributed by atoms with van der Waals surface area (Å²) in [5.41, 5.74) is 2.56. The molecule has 0 radical (unpaired) electrons. The van der Waals surface area contributed by atoms with Crippen molar-refractivity contribution in [2.75, 3.05) is 44.9 Å². The molecule has 2 atom stereocenters. The molecule has 1 saturated heterocycles. The lowest BCUT2D eigenvalue weighted by molar-refractivity contribution is 0.0169. The predicted molar refractivity (Wildman–Crippen MR) is 123 cm³/mol. The number of hydrogen-bond acceptors (Lipinski definition) is 5. The van der Waals surface area contributed by atoms with Gasteiger partial charge in [-0.1, -0.05) is 23.7 Å². The van der Waals surface area contributed by atoms with Crippen molar-refractivity contribution in [2.24, 2.45) is 0 Å². The van der Waals surface area contributed by atoms with E-state index in [1.165, 1.54) is 17.5 Å². The number of methoxy groups -OCH3 is 1. The van der Waals surface area contributed by atoms with Gasteiger partial charge in [-0.25, -0.2) is 4.98 Å². The van der Waals surface area contributed by atoms with Crippen LogP contribution in [0.15, 0.2) is 34.9 Å². The second-order valence-corrected chi connectivity index (χ2v) is 9.88. The first kappa shape index (κ1) is 20.6. The molecule has 2 fully saturated rings. The minimum absolute atomic E-state index is 0.0681. The van der Waals surface area contributed by atoms with Crippen LogP contribution in [0, 0.1) is 0 Å². The Hall–Kier alpha value is -1.34. The minimum Gasteiger partial charge on any atom is -0.497 e. The molecule has 160 valence electrons. The molecule has 0 bridgehead atoms. The molecule has 5 rings (SSSR count). The van der Waals surface area contributed by atoms with Crippen molar-refractivity contribution in [2.45, 2.75) is 37.3 Å². The number of pyridine rings is 1. The molecule has 3 heterocycles. The highest BCUT2D eigenvalue weighted by atomic mass is 79.9. The van der Waals surface area contributed by atoms with Gasteiger partial charge in [0.25, 0.3) is 0 Å². The lowest BCUT2D eigenvalue weighted by Crippen LogP contribution is -2.43. The lowest BCUT2D eigenvalue weighted by Gasteiger charge is -2.34. The normalized spacial score (nSPS) is 26.4. The van der Waals surface area contributed by atoms with Gasteiger partial charge in [0, 0.05) is 49.4 Å². The number of nitrogens with zero attached hydrogens (tertiary/aromatic N) is 3. The molecule has 1 aromatic heterocycles. The maximum absolute atomic E-state index is 6.89. The largest absolute Gasteiger partial charge is 0.497 e. The van der Waals surface area contributed by atoms with Gasteiger partial charge in [0.05, 0.1) is 29.8 Å². The fourth-order valence-corrected chi connectivity index (χ4v) is 6.13. The minimum atomic E-state index is 0.0681. The molecule has 1 aliphatic carbocycles. The predicted octanol–water partition coefficient (Wildman–Crippen LogP) is 4.65. The first-order valence-corrected chi connectivity index (χ1v) is 11.8. The van der Waals surface area contributed by atoms with Crippen molar-refractivity contribution in [1.82, 2.24) is 9.88 Å². The van der Waals surface area contributed by atoms with Crippen LogP contribution in [0.3, 0.4) is 0 Å². The van der Waals surface area contributed by atoms with Crippen LogP contribution < -0.4 is 9.64 Å². The van der Waals surface area contributed by atoms with E-state index in [9.17, 15) is 0 Å². The molecule has 0 unspecified atom stereocenters. The molecule has 2 aliphatic heterocycles. The fraction of sp³-hybridized carbons (Fsp3) is 0.522. The Balaban J connectivity index is 1.44. The van der Waals surface area contributed by atoms with Crippen LogP contribution in [0.5, 0.6) is 5.75 Å². The molecule has 1 aromatic carbocycles. The summed E-state index contributed by atoms with van der Waals surface area (Å²) in [5, 5.41) is 0.833. The molecule has 0 amide bonds. The Morgan fingerprint density at radius 1 is 1.27 bits per heavy atom. The van der Waals surface area contributed by atoms with Crippen molar-refractivity contribution < 1.29 is 9.47 Å². The van der Waals surface area contributed by atoms with Crippen LogP contribution in [0.2, 0.25) is 5.02 Å². The van der Waals surface area contributed by atoms with E-state index >= 15 is 0 Å². The molecule has 5 nitrogen and oxygen atoms in total. The number of morpholine rings is 1. The molecule has 0 N–H and O–H groups in total. The van der Waals surface area contributed by atoms with Gasteiger partial charge in [0.15, 0.2) is 0 Å². The Kier molecular flexibility index (Phi) is 5.69. The number of rotatable bonds is 4. The number of halogens is 2. The molecule has 3 aliphatic rings. The zero-order chi connectivity index (χ0) is 20.7. The quantitative estimate of drug-likeness (QED) is 0.621. The van der Waals surface area contributed by atoms with Gasteiger partial charge in [0.1, 0.15) is 11.6 Å². The summed E-state index contributed by atoms with van der Waals surface area (Å²) in [5.74, 6) is 1.92. The van der Waals surface area contributed by atoms with Gasteiger partial charge in [-0.05, 0) is 52.9 Å². The maximum Gasteiger partial charge on any atom is 0.134 e. The van der Waals surface area contributed by atoms with Crippen LogP contribution in [0.1, 0.15) is 30.4 Å². The highest BCUT2D eigenvalue weighted by Crippen LogP contribution is 2.54. The second kappa shape index (κ2) is 8.30. The van der Waals surface area contributed by atoms with E-state index in [4.69, 9.17) is 26.1 Å². The second-order valence-electron chi connectivity index (χ2n) is 8.65. The standard InChI is InChI=1S/C23H27BrClN3O2/c1-29-18-4-2-16(3-5-18)14-28-15-23(20-21(25)19(24)13-26-22(20)28)7-6-17(12-23)27-8-10-30-11-9-27/h2-5,13,17H,6-12,14-15H2,1H3/t17-,23-/m0/s1. The summed E-state index contributed by atoms with van der Waals surface area (Å²) in [4.78, 5) is 9.85. The average molecular weight is 493 g/mol. The van der Waals surface area contributed by atoms with Crippen molar-refractivity contribution in [3.05, 3.63) is 51.1 Å². The Labute approximate surface area is 191 Å². The molecule has 1 saturated carbocycles. The van der Waals surface area contributed by atoms with Crippen molar-refractivity contribution >= 4 is 33.3 Å². The van der Waals surface area contributed by atoms with Crippen molar-refractivity contribution in [3.63, 3.8) is 0 Å². The van der Waals surface area contributed by atoms with Crippen LogP contribution in [-0.4, -0.2) is 55.9 Å². The number of benzene rings is 1.